The maximum atomic E-state index is 12.5. The van der Waals surface area contributed by atoms with Crippen LogP contribution in [0.3, 0.4) is 0 Å². The number of hydrogen-bond donors (Lipinski definition) is 0. The Kier molecular flexibility index (Phi) is 4.16. The van der Waals surface area contributed by atoms with Crippen molar-refractivity contribution >= 4 is 22.6 Å². The number of alkyl halides is 4. The fourth-order valence-corrected chi connectivity index (χ4v) is 1.58. The second-order valence-corrected chi connectivity index (χ2v) is 3.70. The summed E-state index contributed by atoms with van der Waals surface area (Å²) in [4.78, 5) is 3.45. The van der Waals surface area contributed by atoms with E-state index in [2.05, 4.69) is 9.72 Å². The lowest BCUT2D eigenvalue weighted by atomic mass is 10.3. The first-order chi connectivity index (χ1) is 7.37. The number of rotatable bonds is 3. The van der Waals surface area contributed by atoms with Crippen molar-refractivity contribution in [2.75, 3.05) is 7.11 Å². The summed E-state index contributed by atoms with van der Waals surface area (Å²) in [5.41, 5.74) is 0.0340. The summed E-state index contributed by atoms with van der Waals surface area (Å²) in [6.45, 7) is -0.925. The summed E-state index contributed by atoms with van der Waals surface area (Å²) in [7, 11) is 1.23. The summed E-state index contributed by atoms with van der Waals surface area (Å²) in [6, 6.07) is 0.887. The Hall–Kier alpha value is -0.800. The van der Waals surface area contributed by atoms with Crippen LogP contribution in [0.4, 0.5) is 17.6 Å². The Morgan fingerprint density at radius 1 is 1.44 bits per heavy atom. The molecule has 0 spiro atoms. The van der Waals surface area contributed by atoms with Gasteiger partial charge in [0.05, 0.1) is 10.7 Å². The molecule has 0 saturated heterocycles. The Labute approximate surface area is 102 Å². The smallest absolute Gasteiger partial charge is 0.480 e. The van der Waals surface area contributed by atoms with Crippen molar-refractivity contribution in [2.24, 2.45) is 0 Å². The van der Waals surface area contributed by atoms with E-state index in [4.69, 9.17) is 4.74 Å². The van der Waals surface area contributed by atoms with Gasteiger partial charge in [0.1, 0.15) is 6.67 Å². The molecule has 0 aromatic carbocycles. The van der Waals surface area contributed by atoms with Crippen molar-refractivity contribution in [3.8, 4) is 11.8 Å². The molecule has 1 heterocycles. The zero-order valence-corrected chi connectivity index (χ0v) is 10.1. The number of pyridine rings is 1. The molecule has 0 bridgehead atoms. The number of aromatic nitrogens is 1. The van der Waals surface area contributed by atoms with Gasteiger partial charge >= 0.3 is 6.36 Å². The van der Waals surface area contributed by atoms with Crippen LogP contribution in [0.1, 0.15) is 5.56 Å². The zero-order valence-electron chi connectivity index (χ0n) is 7.94. The Bertz CT molecular complexity index is 358. The molecule has 0 aliphatic rings. The van der Waals surface area contributed by atoms with E-state index in [-0.39, 0.29) is 11.4 Å². The van der Waals surface area contributed by atoms with Crippen molar-refractivity contribution < 1.29 is 27.0 Å². The first-order valence-electron chi connectivity index (χ1n) is 3.92. The largest absolute Gasteiger partial charge is 0.574 e. The second-order valence-electron chi connectivity index (χ2n) is 2.62. The molecule has 0 aliphatic heterocycles. The summed E-state index contributed by atoms with van der Waals surface area (Å²) in [6.07, 6.45) is -4.86. The zero-order chi connectivity index (χ0) is 12.3. The molecular formula is C8H6F4INO2. The predicted molar refractivity (Wildman–Crippen MR) is 55.0 cm³/mol. The molecule has 1 aromatic heterocycles. The average Bonchev–Trinajstić information content (AvgIpc) is 2.18. The first kappa shape index (κ1) is 13.3. The van der Waals surface area contributed by atoms with E-state index in [0.717, 1.165) is 6.07 Å². The van der Waals surface area contributed by atoms with Crippen molar-refractivity contribution in [2.45, 2.75) is 13.0 Å². The minimum absolute atomic E-state index is 0.0340. The average molecular weight is 351 g/mol. The van der Waals surface area contributed by atoms with Gasteiger partial charge in [0.15, 0.2) is 0 Å². The van der Waals surface area contributed by atoms with Gasteiger partial charge in [-0.05, 0) is 22.6 Å². The third-order valence-corrected chi connectivity index (χ3v) is 2.69. The van der Waals surface area contributed by atoms with Gasteiger partial charge in [-0.2, -0.15) is 4.98 Å². The van der Waals surface area contributed by atoms with Crippen LogP contribution in [0.25, 0.3) is 0 Å². The highest BCUT2D eigenvalue weighted by Gasteiger charge is 2.32. The molecule has 1 aromatic rings. The molecule has 0 saturated carbocycles. The molecule has 16 heavy (non-hydrogen) atoms. The summed E-state index contributed by atoms with van der Waals surface area (Å²) >= 11 is 1.73. The third-order valence-electron chi connectivity index (χ3n) is 1.54. The lowest BCUT2D eigenvalue weighted by molar-refractivity contribution is -0.276. The van der Waals surface area contributed by atoms with E-state index in [1.807, 2.05) is 0 Å². The van der Waals surface area contributed by atoms with Gasteiger partial charge < -0.3 is 9.47 Å². The molecule has 0 radical (unpaired) electrons. The van der Waals surface area contributed by atoms with Gasteiger partial charge in [0, 0.05) is 11.6 Å². The van der Waals surface area contributed by atoms with E-state index < -0.39 is 18.9 Å². The van der Waals surface area contributed by atoms with Crippen molar-refractivity contribution in [1.82, 2.24) is 4.98 Å². The Morgan fingerprint density at radius 3 is 2.50 bits per heavy atom. The highest BCUT2D eigenvalue weighted by Crippen LogP contribution is 2.29. The van der Waals surface area contributed by atoms with E-state index in [1.54, 1.807) is 22.6 Å². The molecule has 0 atom stereocenters. The quantitative estimate of drug-likeness (QED) is 0.620. The van der Waals surface area contributed by atoms with Crippen LogP contribution < -0.4 is 9.47 Å². The minimum atomic E-state index is -4.86. The Balaban J connectivity index is 3.12. The number of nitrogens with zero attached hydrogens (tertiary/aromatic N) is 1. The first-order valence-corrected chi connectivity index (χ1v) is 5.00. The SMILES string of the molecule is COc1nc(OC(F)(F)F)cc(CF)c1I. The fourth-order valence-electron chi connectivity index (χ4n) is 0.935. The van der Waals surface area contributed by atoms with Crippen molar-refractivity contribution in [1.29, 1.82) is 0 Å². The lowest BCUT2D eigenvalue weighted by Gasteiger charge is -2.11. The molecule has 8 heteroatoms. The molecule has 0 aliphatic carbocycles. The normalized spacial score (nSPS) is 11.4. The van der Waals surface area contributed by atoms with Crippen LogP contribution in [-0.2, 0) is 6.67 Å². The maximum Gasteiger partial charge on any atom is 0.574 e. The van der Waals surface area contributed by atoms with Gasteiger partial charge in [-0.15, -0.1) is 13.2 Å². The number of halogens is 5. The molecule has 90 valence electrons. The van der Waals surface area contributed by atoms with E-state index in [0.29, 0.717) is 3.57 Å². The second kappa shape index (κ2) is 5.02. The fraction of sp³-hybridized carbons (Fsp3) is 0.375. The highest BCUT2D eigenvalue weighted by molar-refractivity contribution is 14.1. The number of ether oxygens (including phenoxy) is 2. The van der Waals surface area contributed by atoms with E-state index >= 15 is 0 Å². The van der Waals surface area contributed by atoms with Crippen LogP contribution in [0.5, 0.6) is 11.8 Å². The molecule has 0 N–H and O–H groups in total. The van der Waals surface area contributed by atoms with Crippen molar-refractivity contribution in [3.63, 3.8) is 0 Å². The van der Waals surface area contributed by atoms with Gasteiger partial charge in [-0.3, -0.25) is 0 Å². The molecule has 0 amide bonds. The predicted octanol–water partition coefficient (Wildman–Crippen LogP) is 3.06. The van der Waals surface area contributed by atoms with Crippen LogP contribution in [0, 0.1) is 3.57 Å². The van der Waals surface area contributed by atoms with E-state index in [1.165, 1.54) is 7.11 Å². The summed E-state index contributed by atoms with van der Waals surface area (Å²) in [5, 5.41) is 0. The molecule has 0 fully saturated rings. The van der Waals surface area contributed by atoms with Gasteiger partial charge in [-0.1, -0.05) is 0 Å². The van der Waals surface area contributed by atoms with E-state index in [9.17, 15) is 17.6 Å². The van der Waals surface area contributed by atoms with Gasteiger partial charge in [-0.25, -0.2) is 4.39 Å². The summed E-state index contributed by atoms with van der Waals surface area (Å²) in [5.74, 6) is -0.840. The molecule has 3 nitrogen and oxygen atoms in total. The molecule has 1 rings (SSSR count). The van der Waals surface area contributed by atoms with Gasteiger partial charge in [0.25, 0.3) is 0 Å². The maximum absolute atomic E-state index is 12.5. The van der Waals surface area contributed by atoms with Crippen LogP contribution in [0.2, 0.25) is 0 Å². The Morgan fingerprint density at radius 2 is 2.06 bits per heavy atom. The molecule has 0 unspecified atom stereocenters. The van der Waals surface area contributed by atoms with Crippen LogP contribution in [0.15, 0.2) is 6.07 Å². The topological polar surface area (TPSA) is 31.4 Å². The van der Waals surface area contributed by atoms with Gasteiger partial charge in [0.2, 0.25) is 11.8 Å². The van der Waals surface area contributed by atoms with Crippen molar-refractivity contribution in [3.05, 3.63) is 15.2 Å². The standard InChI is InChI=1S/C8H6F4INO2/c1-15-7-6(13)4(3-9)2-5(14-7)16-8(10,11)12/h2H,3H2,1H3. The summed E-state index contributed by atoms with van der Waals surface area (Å²) < 4.78 is 56.8. The van der Waals surface area contributed by atoms with Crippen LogP contribution >= 0.6 is 22.6 Å². The monoisotopic (exact) mass is 351 g/mol. The van der Waals surface area contributed by atoms with Crippen LogP contribution in [-0.4, -0.2) is 18.5 Å². The highest BCUT2D eigenvalue weighted by atomic mass is 127. The number of methoxy groups -OCH3 is 1. The molecular weight excluding hydrogens is 345 g/mol. The minimum Gasteiger partial charge on any atom is -0.480 e. The number of hydrogen-bond acceptors (Lipinski definition) is 3. The third kappa shape index (κ3) is 3.35. The lowest BCUT2D eigenvalue weighted by Crippen LogP contribution is -2.18.